The van der Waals surface area contributed by atoms with Gasteiger partial charge in [0.2, 0.25) is 0 Å². The molecule has 0 saturated heterocycles. The third-order valence-electron chi connectivity index (χ3n) is 3.11. The molecule has 5 nitrogen and oxygen atoms in total. The third-order valence-corrected chi connectivity index (χ3v) is 3.96. The first-order valence-corrected chi connectivity index (χ1v) is 7.12. The van der Waals surface area contributed by atoms with Crippen LogP contribution in [0.15, 0.2) is 22.8 Å². The van der Waals surface area contributed by atoms with Crippen LogP contribution in [0.3, 0.4) is 0 Å². The largest absolute Gasteiger partial charge is 0.396 e. The van der Waals surface area contributed by atoms with Crippen molar-refractivity contribution in [3.05, 3.63) is 45.4 Å². The number of rotatable bonds is 4. The SMILES string of the molecule is Cc1cc(NC(=O)c2c(CCO)cnn2C)c(F)cc1Br. The minimum Gasteiger partial charge on any atom is -0.396 e. The van der Waals surface area contributed by atoms with Gasteiger partial charge >= 0.3 is 0 Å². The van der Waals surface area contributed by atoms with Gasteiger partial charge in [0.05, 0.1) is 11.9 Å². The summed E-state index contributed by atoms with van der Waals surface area (Å²) in [5.74, 6) is -0.981. The van der Waals surface area contributed by atoms with Crippen LogP contribution in [0.1, 0.15) is 21.6 Å². The highest BCUT2D eigenvalue weighted by molar-refractivity contribution is 9.10. The molecule has 0 radical (unpaired) electrons. The molecular weight excluding hydrogens is 341 g/mol. The Balaban J connectivity index is 2.30. The summed E-state index contributed by atoms with van der Waals surface area (Å²) < 4.78 is 15.9. The number of benzene rings is 1. The van der Waals surface area contributed by atoms with E-state index in [-0.39, 0.29) is 12.3 Å². The number of hydrogen-bond donors (Lipinski definition) is 2. The molecule has 1 amide bonds. The number of aryl methyl sites for hydroxylation is 2. The zero-order valence-corrected chi connectivity index (χ0v) is 13.2. The zero-order chi connectivity index (χ0) is 15.6. The molecule has 1 aromatic carbocycles. The minimum absolute atomic E-state index is 0.0856. The maximum Gasteiger partial charge on any atom is 0.274 e. The Morgan fingerprint density at radius 2 is 2.24 bits per heavy atom. The lowest BCUT2D eigenvalue weighted by Gasteiger charge is -2.10. The molecule has 2 aromatic rings. The van der Waals surface area contributed by atoms with Crippen molar-refractivity contribution < 1.29 is 14.3 Å². The molecule has 0 unspecified atom stereocenters. The molecule has 0 fully saturated rings. The van der Waals surface area contributed by atoms with Gasteiger partial charge in [-0.1, -0.05) is 15.9 Å². The normalized spacial score (nSPS) is 10.7. The smallest absolute Gasteiger partial charge is 0.274 e. The number of aromatic nitrogens is 2. The van der Waals surface area contributed by atoms with Gasteiger partial charge < -0.3 is 10.4 Å². The van der Waals surface area contributed by atoms with Gasteiger partial charge in [-0.3, -0.25) is 9.48 Å². The second-order valence-electron chi connectivity index (χ2n) is 4.65. The number of carbonyl (C=O) groups is 1. The molecular formula is C14H15BrFN3O2. The standard InChI is InChI=1S/C14H15BrFN3O2/c1-8-5-12(11(16)6-10(8)15)18-14(21)13-9(3-4-20)7-17-19(13)2/h5-7,20H,3-4H2,1-2H3,(H,18,21). The molecule has 2 rings (SSSR count). The lowest BCUT2D eigenvalue weighted by molar-refractivity contribution is 0.101. The van der Waals surface area contributed by atoms with Crippen molar-refractivity contribution in [1.29, 1.82) is 0 Å². The Bertz CT molecular complexity index is 685. The maximum absolute atomic E-state index is 13.9. The molecule has 7 heteroatoms. The number of nitrogens with zero attached hydrogens (tertiary/aromatic N) is 2. The van der Waals surface area contributed by atoms with Gasteiger partial charge in [-0.2, -0.15) is 5.10 Å². The Morgan fingerprint density at radius 3 is 2.90 bits per heavy atom. The molecule has 21 heavy (non-hydrogen) atoms. The van der Waals surface area contributed by atoms with E-state index in [1.807, 2.05) is 0 Å². The van der Waals surface area contributed by atoms with E-state index in [4.69, 9.17) is 5.11 Å². The van der Waals surface area contributed by atoms with Crippen molar-refractivity contribution in [2.75, 3.05) is 11.9 Å². The molecule has 0 aliphatic carbocycles. The number of anilines is 1. The number of aliphatic hydroxyl groups excluding tert-OH is 1. The highest BCUT2D eigenvalue weighted by Gasteiger charge is 2.18. The number of aliphatic hydroxyl groups is 1. The Labute approximate surface area is 129 Å². The monoisotopic (exact) mass is 355 g/mol. The van der Waals surface area contributed by atoms with Crippen molar-refractivity contribution in [2.24, 2.45) is 7.05 Å². The van der Waals surface area contributed by atoms with E-state index in [2.05, 4.69) is 26.3 Å². The van der Waals surface area contributed by atoms with Crippen molar-refractivity contribution in [3.63, 3.8) is 0 Å². The molecule has 1 aromatic heterocycles. The molecule has 112 valence electrons. The van der Waals surface area contributed by atoms with E-state index < -0.39 is 11.7 Å². The second-order valence-corrected chi connectivity index (χ2v) is 5.51. The lowest BCUT2D eigenvalue weighted by atomic mass is 10.1. The van der Waals surface area contributed by atoms with Gasteiger partial charge in [0.1, 0.15) is 11.5 Å². The van der Waals surface area contributed by atoms with Crippen LogP contribution in [0.25, 0.3) is 0 Å². The summed E-state index contributed by atoms with van der Waals surface area (Å²) in [6.45, 7) is 1.72. The lowest BCUT2D eigenvalue weighted by Crippen LogP contribution is -2.19. The summed E-state index contributed by atoms with van der Waals surface area (Å²) in [6, 6.07) is 2.86. The van der Waals surface area contributed by atoms with Crippen LogP contribution in [-0.4, -0.2) is 27.4 Å². The molecule has 2 N–H and O–H groups in total. The van der Waals surface area contributed by atoms with Crippen molar-refractivity contribution in [1.82, 2.24) is 9.78 Å². The van der Waals surface area contributed by atoms with Gasteiger partial charge in [-0.25, -0.2) is 4.39 Å². The highest BCUT2D eigenvalue weighted by Crippen LogP contribution is 2.24. The first kappa shape index (κ1) is 15.7. The number of hydrogen-bond acceptors (Lipinski definition) is 3. The van der Waals surface area contributed by atoms with E-state index in [0.29, 0.717) is 22.2 Å². The summed E-state index contributed by atoms with van der Waals surface area (Å²) in [5.41, 5.74) is 1.85. The van der Waals surface area contributed by atoms with Gasteiger partial charge in [0.15, 0.2) is 0 Å². The molecule has 0 aliphatic rings. The summed E-state index contributed by atoms with van der Waals surface area (Å²) in [6.07, 6.45) is 1.84. The van der Waals surface area contributed by atoms with E-state index in [0.717, 1.165) is 5.56 Å². The number of nitrogens with one attached hydrogen (secondary N) is 1. The molecule has 1 heterocycles. The van der Waals surface area contributed by atoms with E-state index in [9.17, 15) is 9.18 Å². The first-order valence-electron chi connectivity index (χ1n) is 6.32. The van der Waals surface area contributed by atoms with Crippen molar-refractivity contribution in [3.8, 4) is 0 Å². The fraction of sp³-hybridized carbons (Fsp3) is 0.286. The average molecular weight is 356 g/mol. The fourth-order valence-electron chi connectivity index (χ4n) is 2.01. The molecule has 0 saturated carbocycles. The maximum atomic E-state index is 13.9. The quantitative estimate of drug-likeness (QED) is 0.884. The highest BCUT2D eigenvalue weighted by atomic mass is 79.9. The van der Waals surface area contributed by atoms with Crippen LogP contribution in [0.5, 0.6) is 0 Å². The average Bonchev–Trinajstić information content (AvgIpc) is 2.77. The summed E-state index contributed by atoms with van der Waals surface area (Å²) in [7, 11) is 1.62. The van der Waals surface area contributed by atoms with Crippen LogP contribution in [0.4, 0.5) is 10.1 Å². The van der Waals surface area contributed by atoms with Gasteiger partial charge in [-0.05, 0) is 31.0 Å². The molecule has 0 bridgehead atoms. The molecule has 0 atom stereocenters. The van der Waals surface area contributed by atoms with Crippen molar-refractivity contribution >= 4 is 27.5 Å². The summed E-state index contributed by atoms with van der Waals surface area (Å²) in [5, 5.41) is 15.5. The summed E-state index contributed by atoms with van der Waals surface area (Å²) >= 11 is 3.23. The predicted octanol–water partition coefficient (Wildman–Crippen LogP) is 2.42. The zero-order valence-electron chi connectivity index (χ0n) is 11.7. The number of carbonyl (C=O) groups excluding carboxylic acids is 1. The Kier molecular flexibility index (Phi) is 4.74. The number of amides is 1. The topological polar surface area (TPSA) is 67.2 Å². The Hall–Kier alpha value is -1.73. The van der Waals surface area contributed by atoms with Crippen molar-refractivity contribution in [2.45, 2.75) is 13.3 Å². The van der Waals surface area contributed by atoms with E-state index in [1.165, 1.54) is 16.9 Å². The second kappa shape index (κ2) is 6.36. The Morgan fingerprint density at radius 1 is 1.52 bits per heavy atom. The fourth-order valence-corrected chi connectivity index (χ4v) is 2.33. The van der Waals surface area contributed by atoms with Crippen LogP contribution >= 0.6 is 15.9 Å². The third kappa shape index (κ3) is 3.30. The van der Waals surface area contributed by atoms with Gasteiger partial charge in [0.25, 0.3) is 5.91 Å². The van der Waals surface area contributed by atoms with E-state index >= 15 is 0 Å². The van der Waals surface area contributed by atoms with Gasteiger partial charge in [0, 0.05) is 23.7 Å². The van der Waals surface area contributed by atoms with Gasteiger partial charge in [-0.15, -0.1) is 0 Å². The van der Waals surface area contributed by atoms with E-state index in [1.54, 1.807) is 20.0 Å². The van der Waals surface area contributed by atoms with Crippen LogP contribution < -0.4 is 5.32 Å². The molecule has 0 spiro atoms. The van der Waals surface area contributed by atoms with Crippen LogP contribution in [-0.2, 0) is 13.5 Å². The van der Waals surface area contributed by atoms with Crippen LogP contribution in [0.2, 0.25) is 0 Å². The van der Waals surface area contributed by atoms with Crippen LogP contribution in [0, 0.1) is 12.7 Å². The number of halogens is 2. The first-order chi connectivity index (χ1) is 9.93. The predicted molar refractivity (Wildman–Crippen MR) is 80.8 cm³/mol. The molecule has 0 aliphatic heterocycles. The minimum atomic E-state index is -0.522. The summed E-state index contributed by atoms with van der Waals surface area (Å²) in [4.78, 5) is 12.3.